The summed E-state index contributed by atoms with van der Waals surface area (Å²) in [5.74, 6) is 0.901. The minimum Gasteiger partial charge on any atom is -0.497 e. The van der Waals surface area contributed by atoms with Crippen LogP contribution in [0.3, 0.4) is 0 Å². The molecular weight excluding hydrogens is 278 g/mol. The molecule has 0 aliphatic heterocycles. The Morgan fingerprint density at radius 1 is 1.35 bits per heavy atom. The minimum absolute atomic E-state index is 0.178. The molecule has 1 aromatic rings. The average Bonchev–Trinajstić information content (AvgIpc) is 2.28. The van der Waals surface area contributed by atoms with Crippen LogP contribution in [0, 0.1) is 0 Å². The van der Waals surface area contributed by atoms with Gasteiger partial charge in [0.1, 0.15) is 5.75 Å². The predicted molar refractivity (Wildman–Crippen MR) is 76.5 cm³/mol. The number of rotatable bonds is 6. The molecule has 0 heterocycles. The van der Waals surface area contributed by atoms with Crippen LogP contribution >= 0.6 is 15.9 Å². The molecular formula is C14H22BrNO. The predicted octanol–water partition coefficient (Wildman–Crippen LogP) is 4.13. The summed E-state index contributed by atoms with van der Waals surface area (Å²) in [6.07, 6.45) is 2.37. The minimum atomic E-state index is 0.178. The first-order valence-electron chi connectivity index (χ1n) is 6.06. The molecule has 3 heteroatoms. The maximum Gasteiger partial charge on any atom is 0.119 e. The molecule has 17 heavy (non-hydrogen) atoms. The fraction of sp³-hybridized carbons (Fsp3) is 0.571. The maximum atomic E-state index is 5.24. The van der Waals surface area contributed by atoms with Crippen LogP contribution in [0.15, 0.2) is 22.7 Å². The number of hydrogen-bond acceptors (Lipinski definition) is 2. The SMILES string of the molecule is CCCC(C)(C)NCc1cc(OC)ccc1Br. The van der Waals surface area contributed by atoms with Crippen LogP contribution in [-0.2, 0) is 6.54 Å². The van der Waals surface area contributed by atoms with Gasteiger partial charge in [-0.15, -0.1) is 0 Å². The summed E-state index contributed by atoms with van der Waals surface area (Å²) >= 11 is 3.57. The molecule has 0 radical (unpaired) electrons. The number of benzene rings is 1. The molecule has 0 atom stereocenters. The molecule has 0 fully saturated rings. The van der Waals surface area contributed by atoms with Crippen molar-refractivity contribution >= 4 is 15.9 Å². The molecule has 0 aliphatic carbocycles. The van der Waals surface area contributed by atoms with E-state index in [0.29, 0.717) is 0 Å². The Morgan fingerprint density at radius 3 is 2.65 bits per heavy atom. The molecule has 0 saturated carbocycles. The Kier molecular flexibility index (Phi) is 5.47. The van der Waals surface area contributed by atoms with Gasteiger partial charge in [-0.2, -0.15) is 0 Å². The normalized spacial score (nSPS) is 11.6. The molecule has 1 N–H and O–H groups in total. The van der Waals surface area contributed by atoms with Crippen LogP contribution in [0.4, 0.5) is 0 Å². The van der Waals surface area contributed by atoms with E-state index in [1.165, 1.54) is 18.4 Å². The third kappa shape index (κ3) is 4.68. The van der Waals surface area contributed by atoms with Gasteiger partial charge in [0.25, 0.3) is 0 Å². The zero-order valence-electron chi connectivity index (χ0n) is 11.1. The molecule has 0 unspecified atom stereocenters. The maximum absolute atomic E-state index is 5.24. The van der Waals surface area contributed by atoms with E-state index < -0.39 is 0 Å². The van der Waals surface area contributed by atoms with Crippen molar-refractivity contribution < 1.29 is 4.74 Å². The van der Waals surface area contributed by atoms with Gasteiger partial charge in [0.05, 0.1) is 7.11 Å². The quantitative estimate of drug-likeness (QED) is 0.853. The average molecular weight is 300 g/mol. The van der Waals surface area contributed by atoms with Gasteiger partial charge in [-0.25, -0.2) is 0 Å². The van der Waals surface area contributed by atoms with Crippen LogP contribution < -0.4 is 10.1 Å². The van der Waals surface area contributed by atoms with E-state index in [9.17, 15) is 0 Å². The molecule has 1 aromatic carbocycles. The number of ether oxygens (including phenoxy) is 1. The van der Waals surface area contributed by atoms with Crippen molar-refractivity contribution in [3.63, 3.8) is 0 Å². The Bertz CT molecular complexity index is 363. The number of nitrogens with one attached hydrogen (secondary N) is 1. The van der Waals surface area contributed by atoms with Gasteiger partial charge in [-0.3, -0.25) is 0 Å². The number of halogens is 1. The molecule has 0 amide bonds. The monoisotopic (exact) mass is 299 g/mol. The molecule has 1 rings (SSSR count). The summed E-state index contributed by atoms with van der Waals surface area (Å²) in [4.78, 5) is 0. The van der Waals surface area contributed by atoms with Gasteiger partial charge in [-0.1, -0.05) is 29.3 Å². The van der Waals surface area contributed by atoms with Crippen LogP contribution in [0.1, 0.15) is 39.2 Å². The second-order valence-corrected chi connectivity index (χ2v) is 5.80. The topological polar surface area (TPSA) is 21.3 Å². The Hall–Kier alpha value is -0.540. The highest BCUT2D eigenvalue weighted by Gasteiger charge is 2.15. The van der Waals surface area contributed by atoms with Crippen molar-refractivity contribution in [3.05, 3.63) is 28.2 Å². The van der Waals surface area contributed by atoms with Crippen LogP contribution in [0.2, 0.25) is 0 Å². The standard InChI is InChI=1S/C14H22BrNO/c1-5-8-14(2,3)16-10-11-9-12(17-4)6-7-13(11)15/h6-7,9,16H,5,8,10H2,1-4H3. The zero-order valence-corrected chi connectivity index (χ0v) is 12.7. The van der Waals surface area contributed by atoms with Crippen molar-refractivity contribution in [3.8, 4) is 5.75 Å². The third-order valence-electron chi connectivity index (χ3n) is 2.89. The molecule has 96 valence electrons. The van der Waals surface area contributed by atoms with Gasteiger partial charge < -0.3 is 10.1 Å². The van der Waals surface area contributed by atoms with E-state index in [0.717, 1.165) is 16.8 Å². The largest absolute Gasteiger partial charge is 0.497 e. The van der Waals surface area contributed by atoms with Crippen molar-refractivity contribution in [2.75, 3.05) is 7.11 Å². The molecule has 0 bridgehead atoms. The molecule has 0 aromatic heterocycles. The molecule has 0 aliphatic rings. The lowest BCUT2D eigenvalue weighted by Gasteiger charge is -2.26. The van der Waals surface area contributed by atoms with E-state index >= 15 is 0 Å². The third-order valence-corrected chi connectivity index (χ3v) is 3.66. The molecule has 2 nitrogen and oxygen atoms in total. The first-order chi connectivity index (χ1) is 7.98. The lowest BCUT2D eigenvalue weighted by Crippen LogP contribution is -2.38. The number of methoxy groups -OCH3 is 1. The highest BCUT2D eigenvalue weighted by Crippen LogP contribution is 2.23. The van der Waals surface area contributed by atoms with E-state index in [1.807, 2.05) is 12.1 Å². The summed E-state index contributed by atoms with van der Waals surface area (Å²) in [7, 11) is 1.70. The van der Waals surface area contributed by atoms with Crippen molar-refractivity contribution in [1.29, 1.82) is 0 Å². The highest BCUT2D eigenvalue weighted by atomic mass is 79.9. The summed E-state index contributed by atoms with van der Waals surface area (Å²) in [5.41, 5.74) is 1.41. The summed E-state index contributed by atoms with van der Waals surface area (Å²) in [6.45, 7) is 7.55. The number of hydrogen-bond donors (Lipinski definition) is 1. The van der Waals surface area contributed by atoms with Crippen molar-refractivity contribution in [1.82, 2.24) is 5.32 Å². The van der Waals surface area contributed by atoms with Gasteiger partial charge in [0.15, 0.2) is 0 Å². The summed E-state index contributed by atoms with van der Waals surface area (Å²) in [6, 6.07) is 6.06. The van der Waals surface area contributed by atoms with Gasteiger partial charge in [-0.05, 0) is 44.0 Å². The Balaban J connectivity index is 2.68. The first-order valence-corrected chi connectivity index (χ1v) is 6.85. The van der Waals surface area contributed by atoms with E-state index in [1.54, 1.807) is 7.11 Å². The Labute approximate surface area is 113 Å². The first kappa shape index (κ1) is 14.5. The van der Waals surface area contributed by atoms with Gasteiger partial charge >= 0.3 is 0 Å². The smallest absolute Gasteiger partial charge is 0.119 e. The van der Waals surface area contributed by atoms with E-state index in [4.69, 9.17) is 4.74 Å². The fourth-order valence-corrected chi connectivity index (χ4v) is 2.25. The highest BCUT2D eigenvalue weighted by molar-refractivity contribution is 9.10. The zero-order chi connectivity index (χ0) is 12.9. The van der Waals surface area contributed by atoms with E-state index in [2.05, 4.69) is 48.1 Å². The second kappa shape index (κ2) is 6.41. The Morgan fingerprint density at radius 2 is 2.06 bits per heavy atom. The lowest BCUT2D eigenvalue weighted by molar-refractivity contribution is 0.355. The molecule has 0 spiro atoms. The van der Waals surface area contributed by atoms with Crippen LogP contribution in [0.5, 0.6) is 5.75 Å². The van der Waals surface area contributed by atoms with Crippen molar-refractivity contribution in [2.24, 2.45) is 0 Å². The summed E-state index contributed by atoms with van der Waals surface area (Å²) < 4.78 is 6.36. The second-order valence-electron chi connectivity index (χ2n) is 4.94. The van der Waals surface area contributed by atoms with Crippen LogP contribution in [0.25, 0.3) is 0 Å². The lowest BCUT2D eigenvalue weighted by atomic mass is 9.98. The summed E-state index contributed by atoms with van der Waals surface area (Å²) in [5, 5.41) is 3.58. The van der Waals surface area contributed by atoms with Gasteiger partial charge in [0.2, 0.25) is 0 Å². The van der Waals surface area contributed by atoms with Gasteiger partial charge in [0, 0.05) is 16.6 Å². The van der Waals surface area contributed by atoms with Crippen LogP contribution in [-0.4, -0.2) is 12.6 Å². The van der Waals surface area contributed by atoms with Crippen molar-refractivity contribution in [2.45, 2.75) is 45.7 Å². The fourth-order valence-electron chi connectivity index (χ4n) is 1.86. The molecule has 0 saturated heterocycles. The van der Waals surface area contributed by atoms with E-state index in [-0.39, 0.29) is 5.54 Å².